The zero-order valence-corrected chi connectivity index (χ0v) is 31.1. The van der Waals surface area contributed by atoms with Gasteiger partial charge < -0.3 is 25.1 Å². The Bertz CT molecular complexity index is 1080. The van der Waals surface area contributed by atoms with E-state index in [1.165, 1.54) is 6.08 Å². The second-order valence-electron chi connectivity index (χ2n) is 10.2. The van der Waals surface area contributed by atoms with Crippen molar-refractivity contribution >= 4 is 17.9 Å². The first-order valence-corrected chi connectivity index (χ1v) is 14.2. The average molecular weight is 609 g/mol. The summed E-state index contributed by atoms with van der Waals surface area (Å²) in [6.07, 6.45) is 8.79. The molecule has 0 aliphatic rings. The maximum absolute atomic E-state index is 12.2. The van der Waals surface area contributed by atoms with Gasteiger partial charge in [-0.25, -0.2) is 0 Å². The molecular weight excluding hydrogens is 555 g/mol. The van der Waals surface area contributed by atoms with Crippen molar-refractivity contribution < 1.29 is 76.3 Å². The number of allylic oxidation sites excluding steroid dienone is 5. The van der Waals surface area contributed by atoms with Crippen LogP contribution in [0, 0.1) is 6.92 Å². The summed E-state index contributed by atoms with van der Waals surface area (Å²) in [7, 11) is 0. The number of likely N-dealkylation sites (N-methyl/N-ethyl adjacent to an activating group) is 1. The second-order valence-corrected chi connectivity index (χ2v) is 10.2. The largest absolute Gasteiger partial charge is 1.00 e. The number of carbonyl (C=O) groups excluding carboxylic acids is 2. The van der Waals surface area contributed by atoms with E-state index in [4.69, 9.17) is 0 Å². The number of rotatable bonds is 11. The van der Waals surface area contributed by atoms with Gasteiger partial charge in [-0.2, -0.15) is 0 Å². The molecule has 2 amide bonds. The van der Waals surface area contributed by atoms with E-state index >= 15 is 0 Å². The Morgan fingerprint density at radius 1 is 1.00 bits per heavy atom. The first-order valence-electron chi connectivity index (χ1n) is 14.2. The predicted octanol–water partition coefficient (Wildman–Crippen LogP) is 3.74. The molecule has 230 valence electrons. The van der Waals surface area contributed by atoms with E-state index in [1.807, 2.05) is 66.7 Å². The number of amides is 2. The molecule has 0 fully saturated rings. The summed E-state index contributed by atoms with van der Waals surface area (Å²) in [5.41, 5.74) is 2.83. The smallest absolute Gasteiger partial charge is 0.850 e. The molecule has 0 heterocycles. The third kappa shape index (κ3) is 17.2. The van der Waals surface area contributed by atoms with Gasteiger partial charge in [-0.1, -0.05) is 57.7 Å². The molecule has 1 rings (SSSR count). The van der Waals surface area contributed by atoms with Crippen molar-refractivity contribution in [2.75, 3.05) is 26.2 Å². The zero-order chi connectivity index (χ0) is 32.3. The van der Waals surface area contributed by atoms with Crippen molar-refractivity contribution in [1.29, 1.82) is 0 Å². The molecule has 0 aliphatic carbocycles. The Morgan fingerprint density at radius 2 is 1.48 bits per heavy atom. The molecule has 1 aromatic rings. The molecule has 8 heteroatoms. The van der Waals surface area contributed by atoms with E-state index in [9.17, 15) is 24.9 Å². The number of hydrogen-bond acceptors (Lipinski definition) is 5. The van der Waals surface area contributed by atoms with Crippen LogP contribution in [-0.4, -0.2) is 63.6 Å². The number of carbonyl (C=O) groups is 2. The van der Waals surface area contributed by atoms with E-state index in [0.717, 1.165) is 16.7 Å². The van der Waals surface area contributed by atoms with Crippen LogP contribution in [0.1, 0.15) is 90.2 Å². The van der Waals surface area contributed by atoms with Crippen molar-refractivity contribution in [3.8, 4) is 5.75 Å². The molecular formula is C34H53KN2O5. The van der Waals surface area contributed by atoms with Gasteiger partial charge in [0, 0.05) is 43.4 Å². The van der Waals surface area contributed by atoms with Crippen molar-refractivity contribution in [2.24, 2.45) is 0 Å². The van der Waals surface area contributed by atoms with E-state index in [2.05, 4.69) is 13.2 Å². The van der Waals surface area contributed by atoms with Gasteiger partial charge in [-0.05, 0) is 72.1 Å². The number of aliphatic hydroxyl groups excluding tert-OH is 1. The van der Waals surface area contributed by atoms with Crippen LogP contribution in [0.15, 0.2) is 66.5 Å². The standard InChI is InChI=1S/C15H21NO2.C15H23NO2.C4H9O.K/c1-5-8-12-11(4)9-10-13(14(12)17)15(18)16(6-2)7-3;1-6-10-13(12(5)7-2)14(17)11-15(18)16(8-3)9-4;1-4(2,3)5;/h5,8-10,17H,6-7H2,1-4H3;6-7,11,17H,1-2,8-10H2,3-5H3;1-3H3;/q;;-1;+1/b8-5+;13-12-,14-11-;;. The molecule has 0 atom stereocenters. The molecule has 0 saturated heterocycles. The molecule has 7 nitrogen and oxygen atoms in total. The SMILES string of the molecule is C/C=C/c1c(C)ccc(C(=O)N(CC)CC)c1O.C=CCC(/C(O)=C/C(=O)N(CC)CC)=C(\C)C=C.CC(C)(C)[O-].[K+]. The molecule has 0 radical (unpaired) electrons. The molecule has 0 aromatic heterocycles. The van der Waals surface area contributed by atoms with Gasteiger partial charge in [0.15, 0.2) is 0 Å². The van der Waals surface area contributed by atoms with Gasteiger partial charge in [0.2, 0.25) is 5.91 Å². The quantitative estimate of drug-likeness (QED) is 0.131. The van der Waals surface area contributed by atoms with Gasteiger partial charge in [-0.15, -0.1) is 12.2 Å². The Hall–Kier alpha value is -1.94. The fourth-order valence-electron chi connectivity index (χ4n) is 3.51. The molecule has 0 spiro atoms. The Kier molecular flexibility index (Phi) is 24.9. The minimum absolute atomic E-state index is 0. The molecule has 2 N–H and O–H groups in total. The van der Waals surface area contributed by atoms with Crippen molar-refractivity contribution in [1.82, 2.24) is 9.80 Å². The van der Waals surface area contributed by atoms with Crippen molar-refractivity contribution in [3.63, 3.8) is 0 Å². The summed E-state index contributed by atoms with van der Waals surface area (Å²) in [4.78, 5) is 27.4. The van der Waals surface area contributed by atoms with E-state index in [1.54, 1.807) is 48.8 Å². The third-order valence-electron chi connectivity index (χ3n) is 5.82. The monoisotopic (exact) mass is 608 g/mol. The first kappa shape index (κ1) is 44.5. The molecule has 0 saturated carbocycles. The van der Waals surface area contributed by atoms with Crippen molar-refractivity contribution in [2.45, 2.75) is 81.3 Å². The van der Waals surface area contributed by atoms with Crippen LogP contribution in [-0.2, 0) is 4.79 Å². The second kappa shape index (κ2) is 23.5. The summed E-state index contributed by atoms with van der Waals surface area (Å²) < 4.78 is 0. The van der Waals surface area contributed by atoms with Crippen LogP contribution in [0.25, 0.3) is 6.08 Å². The number of aryl methyl sites for hydroxylation is 1. The molecule has 0 bridgehead atoms. The van der Waals surface area contributed by atoms with Crippen LogP contribution < -0.4 is 56.5 Å². The van der Waals surface area contributed by atoms with Gasteiger partial charge in [0.25, 0.3) is 5.91 Å². The van der Waals surface area contributed by atoms with E-state index < -0.39 is 5.60 Å². The van der Waals surface area contributed by atoms with Crippen LogP contribution in [0.5, 0.6) is 5.75 Å². The Morgan fingerprint density at radius 3 is 1.86 bits per heavy atom. The van der Waals surface area contributed by atoms with Gasteiger partial charge in [0.05, 0.1) is 5.56 Å². The fourth-order valence-corrected chi connectivity index (χ4v) is 3.51. The molecule has 0 aliphatic heterocycles. The summed E-state index contributed by atoms with van der Waals surface area (Å²) in [6, 6.07) is 3.56. The zero-order valence-electron chi connectivity index (χ0n) is 28.0. The summed E-state index contributed by atoms with van der Waals surface area (Å²) >= 11 is 0. The van der Waals surface area contributed by atoms with E-state index in [0.29, 0.717) is 43.7 Å². The van der Waals surface area contributed by atoms with Gasteiger partial charge in [0.1, 0.15) is 11.5 Å². The minimum Gasteiger partial charge on any atom is -0.850 e. The minimum atomic E-state index is -0.750. The first-order chi connectivity index (χ1) is 19.1. The average Bonchev–Trinajstić information content (AvgIpc) is 2.90. The summed E-state index contributed by atoms with van der Waals surface area (Å²) in [6.45, 7) is 28.1. The topological polar surface area (TPSA) is 104 Å². The summed E-state index contributed by atoms with van der Waals surface area (Å²) in [5.74, 6) is -0.242. The number of phenolic OH excluding ortho intramolecular Hbond substituents is 1. The maximum atomic E-state index is 12.2. The number of aromatic hydroxyl groups is 1. The Balaban J connectivity index is -0.000000611. The van der Waals surface area contributed by atoms with Crippen molar-refractivity contribution in [3.05, 3.63) is 83.2 Å². The summed E-state index contributed by atoms with van der Waals surface area (Å²) in [5, 5.41) is 30.3. The number of phenols is 1. The number of nitrogens with zero attached hydrogens (tertiary/aromatic N) is 2. The van der Waals surface area contributed by atoms with Gasteiger partial charge >= 0.3 is 51.4 Å². The normalized spacial score (nSPS) is 11.5. The predicted molar refractivity (Wildman–Crippen MR) is 171 cm³/mol. The van der Waals surface area contributed by atoms with Crippen LogP contribution in [0.2, 0.25) is 0 Å². The number of aliphatic hydroxyl groups is 1. The maximum Gasteiger partial charge on any atom is 1.00 e. The molecule has 42 heavy (non-hydrogen) atoms. The van der Waals surface area contributed by atoms with Crippen LogP contribution in [0.4, 0.5) is 0 Å². The van der Waals surface area contributed by atoms with Crippen LogP contribution in [0.3, 0.4) is 0 Å². The molecule has 0 unspecified atom stereocenters. The number of hydrogen-bond donors (Lipinski definition) is 2. The van der Waals surface area contributed by atoms with Gasteiger partial charge in [-0.3, -0.25) is 9.59 Å². The third-order valence-corrected chi connectivity index (χ3v) is 5.82. The fraction of sp³-hybridized carbons (Fsp3) is 0.471. The van der Waals surface area contributed by atoms with E-state index in [-0.39, 0.29) is 74.7 Å². The number of benzene rings is 1. The molecule has 1 aromatic carbocycles. The van der Waals surface area contributed by atoms with Crippen LogP contribution >= 0.6 is 0 Å². The Labute approximate surface area is 297 Å².